The van der Waals surface area contributed by atoms with Gasteiger partial charge in [0.2, 0.25) is 0 Å². The van der Waals surface area contributed by atoms with Gasteiger partial charge in [-0.3, -0.25) is 0 Å². The van der Waals surface area contributed by atoms with Crippen molar-refractivity contribution in [3.05, 3.63) is 66.2 Å². The Morgan fingerprint density at radius 2 is 1.56 bits per heavy atom. The van der Waals surface area contributed by atoms with Crippen molar-refractivity contribution in [1.82, 2.24) is 5.43 Å². The number of benzene rings is 2. The van der Waals surface area contributed by atoms with Gasteiger partial charge in [-0.15, -0.1) is 0 Å². The largest absolute Gasteiger partial charge is 0.308 e. The molecule has 1 unspecified atom stereocenters. The highest BCUT2D eigenvalue weighted by Gasteiger charge is 2.34. The molecule has 0 saturated carbocycles. The van der Waals surface area contributed by atoms with Crippen LogP contribution < -0.4 is 10.4 Å². The molecule has 0 aliphatic carbocycles. The molecule has 2 nitrogen and oxygen atoms in total. The van der Waals surface area contributed by atoms with Gasteiger partial charge in [-0.05, 0) is 31.0 Å². The average molecular weight is 238 g/mol. The number of para-hydroxylation sites is 1. The summed E-state index contributed by atoms with van der Waals surface area (Å²) >= 11 is 0. The fourth-order valence-electron chi connectivity index (χ4n) is 2.56. The van der Waals surface area contributed by atoms with Crippen molar-refractivity contribution in [3.63, 3.8) is 0 Å². The van der Waals surface area contributed by atoms with Crippen molar-refractivity contribution >= 4 is 5.69 Å². The summed E-state index contributed by atoms with van der Waals surface area (Å²) in [6, 6.07) is 21.2. The fraction of sp³-hybridized carbons (Fsp3) is 0.250. The highest BCUT2D eigenvalue weighted by molar-refractivity contribution is 5.47. The molecular weight excluding hydrogens is 220 g/mol. The standard InChI is InChI=1S/C16H18N2/c1-16(14-8-4-2-5-9-14)12-13-18(17-16)15-10-6-3-7-11-15/h2-11,17H,12-13H2,1H3. The normalized spacial score (nSPS) is 23.3. The van der Waals surface area contributed by atoms with Gasteiger partial charge in [0.05, 0.1) is 11.2 Å². The van der Waals surface area contributed by atoms with E-state index in [9.17, 15) is 0 Å². The predicted molar refractivity (Wildman–Crippen MR) is 75.3 cm³/mol. The Kier molecular flexibility index (Phi) is 2.80. The highest BCUT2D eigenvalue weighted by atomic mass is 15.6. The number of nitrogens with zero attached hydrogens (tertiary/aromatic N) is 1. The monoisotopic (exact) mass is 238 g/mol. The van der Waals surface area contributed by atoms with E-state index in [4.69, 9.17) is 0 Å². The van der Waals surface area contributed by atoms with E-state index in [0.717, 1.165) is 13.0 Å². The molecular formula is C16H18N2. The molecule has 2 aromatic carbocycles. The lowest BCUT2D eigenvalue weighted by Gasteiger charge is -2.28. The van der Waals surface area contributed by atoms with Gasteiger partial charge in [0, 0.05) is 6.54 Å². The van der Waals surface area contributed by atoms with Crippen LogP contribution in [0.3, 0.4) is 0 Å². The predicted octanol–water partition coefficient (Wildman–Crippen LogP) is 3.32. The summed E-state index contributed by atoms with van der Waals surface area (Å²) in [6.45, 7) is 3.31. The number of anilines is 1. The van der Waals surface area contributed by atoms with E-state index in [-0.39, 0.29) is 5.54 Å². The van der Waals surface area contributed by atoms with Crippen LogP contribution in [0.15, 0.2) is 60.7 Å². The first-order chi connectivity index (χ1) is 8.78. The van der Waals surface area contributed by atoms with Gasteiger partial charge < -0.3 is 5.01 Å². The summed E-state index contributed by atoms with van der Waals surface area (Å²) in [5.41, 5.74) is 6.26. The average Bonchev–Trinajstić information content (AvgIpc) is 2.85. The Morgan fingerprint density at radius 3 is 2.22 bits per heavy atom. The molecule has 1 fully saturated rings. The number of nitrogens with one attached hydrogen (secondary N) is 1. The molecule has 3 rings (SSSR count). The van der Waals surface area contributed by atoms with Crippen LogP contribution in [0.5, 0.6) is 0 Å². The molecule has 2 heteroatoms. The molecule has 0 bridgehead atoms. The molecule has 0 amide bonds. The van der Waals surface area contributed by atoms with Crippen molar-refractivity contribution in [2.24, 2.45) is 0 Å². The third-order valence-corrected chi connectivity index (χ3v) is 3.70. The van der Waals surface area contributed by atoms with E-state index in [1.807, 2.05) is 0 Å². The summed E-state index contributed by atoms with van der Waals surface area (Å²) in [4.78, 5) is 0. The Labute approximate surface area is 108 Å². The Hall–Kier alpha value is -1.80. The maximum atomic E-state index is 3.63. The van der Waals surface area contributed by atoms with Crippen LogP contribution in [0.4, 0.5) is 5.69 Å². The third-order valence-electron chi connectivity index (χ3n) is 3.70. The minimum Gasteiger partial charge on any atom is -0.308 e. The topological polar surface area (TPSA) is 15.3 Å². The summed E-state index contributed by atoms with van der Waals surface area (Å²) in [5, 5.41) is 2.24. The molecule has 18 heavy (non-hydrogen) atoms. The summed E-state index contributed by atoms with van der Waals surface area (Å²) in [7, 11) is 0. The van der Waals surface area contributed by atoms with E-state index in [2.05, 4.69) is 78.0 Å². The van der Waals surface area contributed by atoms with Gasteiger partial charge in [0.1, 0.15) is 0 Å². The first kappa shape index (κ1) is 11.3. The van der Waals surface area contributed by atoms with Crippen molar-refractivity contribution in [3.8, 4) is 0 Å². The van der Waals surface area contributed by atoms with E-state index in [0.29, 0.717) is 0 Å². The Balaban J connectivity index is 1.83. The van der Waals surface area contributed by atoms with Gasteiger partial charge in [0.15, 0.2) is 0 Å². The van der Waals surface area contributed by atoms with Gasteiger partial charge in [-0.25, -0.2) is 5.43 Å². The SMILES string of the molecule is CC1(c2ccccc2)CCN(c2ccccc2)N1. The molecule has 1 aliphatic heterocycles. The van der Waals surface area contributed by atoms with Gasteiger partial charge in [-0.2, -0.15) is 0 Å². The molecule has 1 N–H and O–H groups in total. The second-order valence-electron chi connectivity index (χ2n) is 5.05. The van der Waals surface area contributed by atoms with Crippen molar-refractivity contribution in [1.29, 1.82) is 0 Å². The van der Waals surface area contributed by atoms with Crippen LogP contribution >= 0.6 is 0 Å². The highest BCUT2D eigenvalue weighted by Crippen LogP contribution is 2.31. The Bertz CT molecular complexity index is 509. The van der Waals surface area contributed by atoms with Crippen LogP contribution in [0, 0.1) is 0 Å². The summed E-state index contributed by atoms with van der Waals surface area (Å²) in [6.07, 6.45) is 1.12. The molecule has 0 aromatic heterocycles. The van der Waals surface area contributed by atoms with Crippen LogP contribution in [0.1, 0.15) is 18.9 Å². The zero-order chi connectivity index (χ0) is 12.4. The van der Waals surface area contributed by atoms with E-state index in [1.165, 1.54) is 11.3 Å². The minimum atomic E-state index is 0.0388. The molecule has 0 radical (unpaired) electrons. The third kappa shape index (κ3) is 2.00. The lowest BCUT2D eigenvalue weighted by atomic mass is 9.91. The number of hydrogen-bond acceptors (Lipinski definition) is 2. The van der Waals surface area contributed by atoms with Crippen molar-refractivity contribution in [2.45, 2.75) is 18.9 Å². The lowest BCUT2D eigenvalue weighted by Crippen LogP contribution is -2.41. The van der Waals surface area contributed by atoms with Crippen LogP contribution in [0.25, 0.3) is 0 Å². The maximum absolute atomic E-state index is 3.63. The molecule has 1 aliphatic rings. The fourth-order valence-corrected chi connectivity index (χ4v) is 2.56. The number of hydrazine groups is 1. The molecule has 92 valence electrons. The van der Waals surface area contributed by atoms with Crippen LogP contribution in [-0.4, -0.2) is 6.54 Å². The molecule has 1 saturated heterocycles. The van der Waals surface area contributed by atoms with E-state index in [1.54, 1.807) is 0 Å². The quantitative estimate of drug-likeness (QED) is 0.863. The second-order valence-corrected chi connectivity index (χ2v) is 5.05. The van der Waals surface area contributed by atoms with Gasteiger partial charge >= 0.3 is 0 Å². The van der Waals surface area contributed by atoms with Gasteiger partial charge in [-0.1, -0.05) is 48.5 Å². The smallest absolute Gasteiger partial charge is 0.0611 e. The second kappa shape index (κ2) is 4.46. The molecule has 1 atom stereocenters. The molecule has 1 heterocycles. The van der Waals surface area contributed by atoms with Gasteiger partial charge in [0.25, 0.3) is 0 Å². The summed E-state index contributed by atoms with van der Waals surface area (Å²) in [5.74, 6) is 0. The van der Waals surface area contributed by atoms with E-state index < -0.39 is 0 Å². The van der Waals surface area contributed by atoms with Crippen molar-refractivity contribution < 1.29 is 0 Å². The molecule has 2 aromatic rings. The number of rotatable bonds is 2. The van der Waals surface area contributed by atoms with Crippen LogP contribution in [0.2, 0.25) is 0 Å². The zero-order valence-electron chi connectivity index (χ0n) is 10.6. The first-order valence-electron chi connectivity index (χ1n) is 6.44. The maximum Gasteiger partial charge on any atom is 0.0611 e. The first-order valence-corrected chi connectivity index (χ1v) is 6.44. The van der Waals surface area contributed by atoms with Crippen molar-refractivity contribution in [2.75, 3.05) is 11.6 Å². The summed E-state index contributed by atoms with van der Waals surface area (Å²) < 4.78 is 0. The molecule has 0 spiro atoms. The Morgan fingerprint density at radius 1 is 0.944 bits per heavy atom. The van der Waals surface area contributed by atoms with E-state index >= 15 is 0 Å². The number of hydrogen-bond donors (Lipinski definition) is 1. The van der Waals surface area contributed by atoms with Crippen LogP contribution in [-0.2, 0) is 5.54 Å². The minimum absolute atomic E-state index is 0.0388. The zero-order valence-corrected chi connectivity index (χ0v) is 10.6. The lowest BCUT2D eigenvalue weighted by molar-refractivity contribution is 0.427.